The largest absolute Gasteiger partial charge is 0.314 e. The van der Waals surface area contributed by atoms with Gasteiger partial charge in [-0.05, 0) is 24.5 Å². The molecular weight excluding hydrogens is 272 g/mol. The molecule has 1 aliphatic heterocycles. The molecule has 1 aromatic carbocycles. The molecule has 3 rings (SSSR count). The summed E-state index contributed by atoms with van der Waals surface area (Å²) in [5, 5.41) is 3.41. The molecule has 1 saturated carbocycles. The average molecular weight is 300 g/mol. The van der Waals surface area contributed by atoms with Crippen molar-refractivity contribution in [1.82, 2.24) is 10.2 Å². The molecule has 120 valence electrons. The van der Waals surface area contributed by atoms with E-state index in [9.17, 15) is 4.79 Å². The summed E-state index contributed by atoms with van der Waals surface area (Å²) in [5.74, 6) is 0. The van der Waals surface area contributed by atoms with Crippen molar-refractivity contribution in [2.75, 3.05) is 26.2 Å². The van der Waals surface area contributed by atoms with Crippen LogP contribution in [0.3, 0.4) is 0 Å². The molecule has 0 spiro atoms. The van der Waals surface area contributed by atoms with Gasteiger partial charge in [-0.15, -0.1) is 0 Å². The fraction of sp³-hybridized carbons (Fsp3) is 0.526. The lowest BCUT2D eigenvalue weighted by atomic mass is 9.94. The molecule has 0 aromatic heterocycles. The first-order valence-corrected chi connectivity index (χ1v) is 8.52. The van der Waals surface area contributed by atoms with E-state index in [2.05, 4.69) is 10.2 Å². The Morgan fingerprint density at radius 2 is 1.68 bits per heavy atom. The molecule has 2 fully saturated rings. The van der Waals surface area contributed by atoms with Crippen LogP contribution in [0.25, 0.3) is 6.08 Å². The summed E-state index contributed by atoms with van der Waals surface area (Å²) in [6.45, 7) is 4.97. The summed E-state index contributed by atoms with van der Waals surface area (Å²) in [7, 11) is 0. The van der Waals surface area contributed by atoms with E-state index in [0.717, 1.165) is 17.9 Å². The summed E-state index contributed by atoms with van der Waals surface area (Å²) in [5.41, 5.74) is 1.05. The van der Waals surface area contributed by atoms with Gasteiger partial charge in [-0.3, -0.25) is 9.69 Å². The normalized spacial score (nSPS) is 20.4. The molecular formula is C19H28N2O. The van der Waals surface area contributed by atoms with E-state index in [1.165, 1.54) is 64.4 Å². The van der Waals surface area contributed by atoms with Gasteiger partial charge < -0.3 is 5.32 Å². The van der Waals surface area contributed by atoms with E-state index in [0.29, 0.717) is 0 Å². The lowest BCUT2D eigenvalue weighted by Gasteiger charge is -2.36. The van der Waals surface area contributed by atoms with Gasteiger partial charge in [0.05, 0.1) is 0 Å². The third kappa shape index (κ3) is 6.12. The van der Waals surface area contributed by atoms with Gasteiger partial charge in [-0.2, -0.15) is 0 Å². The number of nitrogens with one attached hydrogen (secondary N) is 1. The number of hydrogen-bond donors (Lipinski definition) is 1. The Kier molecular flexibility index (Phi) is 7.92. The maximum absolute atomic E-state index is 9.89. The molecule has 0 atom stereocenters. The maximum Gasteiger partial charge on any atom is 0.142 e. The molecule has 0 amide bonds. The molecule has 3 nitrogen and oxygen atoms in total. The number of nitrogens with zero attached hydrogens (tertiary/aromatic N) is 1. The number of carbonyl (C=O) groups is 1. The van der Waals surface area contributed by atoms with E-state index in [-0.39, 0.29) is 0 Å². The summed E-state index contributed by atoms with van der Waals surface area (Å²) >= 11 is 0. The number of rotatable bonds is 3. The predicted octanol–water partition coefficient (Wildman–Crippen LogP) is 3.12. The molecule has 0 radical (unpaired) electrons. The van der Waals surface area contributed by atoms with Crippen molar-refractivity contribution in [3.8, 4) is 0 Å². The average Bonchev–Trinajstić information content (AvgIpc) is 2.63. The quantitative estimate of drug-likeness (QED) is 0.687. The lowest BCUT2D eigenvalue weighted by Crippen LogP contribution is -2.48. The SMILES string of the molecule is C1CCC(N2CCNCC2)CC1.O=C/C=C/c1ccccc1. The van der Waals surface area contributed by atoms with Crippen molar-refractivity contribution in [3.63, 3.8) is 0 Å². The number of piperazine rings is 1. The smallest absolute Gasteiger partial charge is 0.142 e. The molecule has 3 heteroatoms. The maximum atomic E-state index is 9.89. The number of benzene rings is 1. The highest BCUT2D eigenvalue weighted by molar-refractivity contribution is 5.73. The molecule has 1 aromatic rings. The molecule has 22 heavy (non-hydrogen) atoms. The van der Waals surface area contributed by atoms with Crippen molar-refractivity contribution < 1.29 is 4.79 Å². The monoisotopic (exact) mass is 300 g/mol. The zero-order valence-electron chi connectivity index (χ0n) is 13.4. The first-order valence-electron chi connectivity index (χ1n) is 8.52. The van der Waals surface area contributed by atoms with Crippen LogP contribution in [-0.4, -0.2) is 43.4 Å². The second-order valence-corrected chi connectivity index (χ2v) is 5.98. The van der Waals surface area contributed by atoms with Gasteiger partial charge in [0.1, 0.15) is 6.29 Å². The van der Waals surface area contributed by atoms with Crippen LogP contribution in [0.15, 0.2) is 36.4 Å². The van der Waals surface area contributed by atoms with Gasteiger partial charge in [-0.1, -0.05) is 55.7 Å². The minimum atomic E-state index is 0.771. The summed E-state index contributed by atoms with van der Waals surface area (Å²) in [4.78, 5) is 12.6. The van der Waals surface area contributed by atoms with Crippen LogP contribution in [-0.2, 0) is 4.79 Å². The van der Waals surface area contributed by atoms with Crippen molar-refractivity contribution in [2.24, 2.45) is 0 Å². The summed E-state index contributed by atoms with van der Waals surface area (Å²) in [6, 6.07) is 10.6. The van der Waals surface area contributed by atoms with Crippen molar-refractivity contribution >= 4 is 12.4 Å². The zero-order valence-corrected chi connectivity index (χ0v) is 13.4. The Morgan fingerprint density at radius 1 is 1.00 bits per heavy atom. The van der Waals surface area contributed by atoms with Gasteiger partial charge >= 0.3 is 0 Å². The second-order valence-electron chi connectivity index (χ2n) is 5.98. The minimum absolute atomic E-state index is 0.771. The van der Waals surface area contributed by atoms with Gasteiger partial charge in [0.15, 0.2) is 0 Å². The Labute approximate surface area is 134 Å². The van der Waals surface area contributed by atoms with Crippen molar-refractivity contribution in [2.45, 2.75) is 38.1 Å². The van der Waals surface area contributed by atoms with Gasteiger partial charge in [-0.25, -0.2) is 0 Å². The first-order chi connectivity index (χ1) is 10.9. The van der Waals surface area contributed by atoms with Crippen LogP contribution in [0.4, 0.5) is 0 Å². The molecule has 1 heterocycles. The van der Waals surface area contributed by atoms with E-state index < -0.39 is 0 Å². The predicted molar refractivity (Wildman–Crippen MR) is 92.9 cm³/mol. The standard InChI is InChI=1S/C10H20N2.C9H8O/c1-2-4-10(5-3-1)12-8-6-11-7-9-12;10-8-4-7-9-5-2-1-3-6-9/h10-11H,1-9H2;1-8H/b;7-4+. The lowest BCUT2D eigenvalue weighted by molar-refractivity contribution is -0.104. The van der Waals surface area contributed by atoms with Crippen LogP contribution in [0.5, 0.6) is 0 Å². The first kappa shape index (κ1) is 16.9. The van der Waals surface area contributed by atoms with Gasteiger partial charge in [0, 0.05) is 32.2 Å². The molecule has 2 aliphatic rings. The van der Waals surface area contributed by atoms with Crippen molar-refractivity contribution in [1.29, 1.82) is 0 Å². The van der Waals surface area contributed by atoms with Crippen LogP contribution < -0.4 is 5.32 Å². The molecule has 1 N–H and O–H groups in total. The zero-order chi connectivity index (χ0) is 15.5. The van der Waals surface area contributed by atoms with Crippen LogP contribution >= 0.6 is 0 Å². The summed E-state index contributed by atoms with van der Waals surface area (Å²) in [6.07, 6.45) is 11.3. The Hall–Kier alpha value is -1.45. The molecule has 0 bridgehead atoms. The molecule has 0 unspecified atom stereocenters. The van der Waals surface area contributed by atoms with E-state index >= 15 is 0 Å². The third-order valence-corrected chi connectivity index (χ3v) is 4.41. The highest BCUT2D eigenvalue weighted by Gasteiger charge is 2.21. The highest BCUT2D eigenvalue weighted by Crippen LogP contribution is 2.22. The fourth-order valence-electron chi connectivity index (χ4n) is 3.21. The van der Waals surface area contributed by atoms with E-state index in [4.69, 9.17) is 0 Å². The highest BCUT2D eigenvalue weighted by atomic mass is 16.1. The minimum Gasteiger partial charge on any atom is -0.314 e. The second kappa shape index (κ2) is 10.3. The molecule has 1 aliphatic carbocycles. The van der Waals surface area contributed by atoms with Crippen LogP contribution in [0, 0.1) is 0 Å². The number of allylic oxidation sites excluding steroid dienone is 1. The van der Waals surface area contributed by atoms with Gasteiger partial charge in [0.25, 0.3) is 0 Å². The fourth-order valence-corrected chi connectivity index (χ4v) is 3.21. The van der Waals surface area contributed by atoms with Crippen LogP contribution in [0.1, 0.15) is 37.7 Å². The van der Waals surface area contributed by atoms with E-state index in [1.54, 1.807) is 6.08 Å². The number of carbonyl (C=O) groups excluding carboxylic acids is 1. The number of hydrogen-bond acceptors (Lipinski definition) is 3. The Balaban J connectivity index is 0.000000164. The summed E-state index contributed by atoms with van der Waals surface area (Å²) < 4.78 is 0. The molecule has 1 saturated heterocycles. The Morgan fingerprint density at radius 3 is 2.32 bits per heavy atom. The topological polar surface area (TPSA) is 32.3 Å². The van der Waals surface area contributed by atoms with Crippen molar-refractivity contribution in [3.05, 3.63) is 42.0 Å². The Bertz CT molecular complexity index is 416. The van der Waals surface area contributed by atoms with Crippen LogP contribution in [0.2, 0.25) is 0 Å². The van der Waals surface area contributed by atoms with E-state index in [1.807, 2.05) is 30.3 Å². The van der Waals surface area contributed by atoms with Gasteiger partial charge in [0.2, 0.25) is 0 Å². The third-order valence-electron chi connectivity index (χ3n) is 4.41. The number of aldehydes is 1.